The number of hydrogen-bond acceptors (Lipinski definition) is 5. The van der Waals surface area contributed by atoms with E-state index in [4.69, 9.17) is 4.74 Å². The second-order valence-electron chi connectivity index (χ2n) is 6.15. The van der Waals surface area contributed by atoms with Gasteiger partial charge in [-0.05, 0) is 49.4 Å². The number of benzene rings is 2. The minimum Gasteiger partial charge on any atom is -0.484 e. The van der Waals surface area contributed by atoms with Crippen LogP contribution in [0.4, 0.5) is 10.1 Å². The largest absolute Gasteiger partial charge is 0.484 e. The van der Waals surface area contributed by atoms with Gasteiger partial charge in [0.25, 0.3) is 11.5 Å². The number of likely N-dealkylation sites (N-methyl/N-ethyl adjacent to an activating group) is 1. The number of rotatable bonds is 7. The average Bonchev–Trinajstić information content (AvgIpc) is 2.70. The first kappa shape index (κ1) is 20.0. The van der Waals surface area contributed by atoms with Crippen molar-refractivity contribution in [1.29, 1.82) is 0 Å². The second-order valence-corrected chi connectivity index (χ2v) is 6.15. The summed E-state index contributed by atoms with van der Waals surface area (Å²) in [4.78, 5) is 40.1. The van der Waals surface area contributed by atoms with Crippen LogP contribution >= 0.6 is 0 Å². The van der Waals surface area contributed by atoms with Crippen molar-refractivity contribution in [3.8, 4) is 5.75 Å². The van der Waals surface area contributed by atoms with Crippen LogP contribution in [-0.4, -0.2) is 34.5 Å². The van der Waals surface area contributed by atoms with E-state index in [-0.39, 0.29) is 24.4 Å². The Morgan fingerprint density at radius 2 is 1.90 bits per heavy atom. The van der Waals surface area contributed by atoms with Gasteiger partial charge in [-0.15, -0.1) is 0 Å². The normalized spacial score (nSPS) is 10.6. The van der Waals surface area contributed by atoms with E-state index in [0.29, 0.717) is 23.5 Å². The molecule has 29 heavy (non-hydrogen) atoms. The van der Waals surface area contributed by atoms with Crippen LogP contribution in [0.5, 0.6) is 5.75 Å². The highest BCUT2D eigenvalue weighted by molar-refractivity contribution is 5.90. The summed E-state index contributed by atoms with van der Waals surface area (Å²) in [5.41, 5.74) is 0.350. The number of nitrogens with zero attached hydrogens (tertiary/aromatic N) is 2. The van der Waals surface area contributed by atoms with Crippen molar-refractivity contribution in [2.24, 2.45) is 0 Å². The molecule has 0 atom stereocenters. The number of nitrogens with one attached hydrogen (secondary N) is 2. The molecule has 0 saturated carbocycles. The summed E-state index contributed by atoms with van der Waals surface area (Å²) in [5.74, 6) is -0.737. The maximum atomic E-state index is 13.4. The number of aromatic nitrogens is 2. The van der Waals surface area contributed by atoms with Gasteiger partial charge in [0.1, 0.15) is 18.1 Å². The summed E-state index contributed by atoms with van der Waals surface area (Å²) in [6.45, 7) is 1.97. The van der Waals surface area contributed by atoms with Gasteiger partial charge < -0.3 is 15.4 Å². The van der Waals surface area contributed by atoms with Gasteiger partial charge in [0.2, 0.25) is 5.91 Å². The highest BCUT2D eigenvalue weighted by atomic mass is 19.1. The topological polar surface area (TPSA) is 102 Å². The molecule has 2 aromatic carbocycles. The molecule has 3 aromatic rings. The van der Waals surface area contributed by atoms with Gasteiger partial charge in [-0.25, -0.2) is 9.37 Å². The first-order valence-electron chi connectivity index (χ1n) is 8.90. The van der Waals surface area contributed by atoms with Crippen LogP contribution in [0.3, 0.4) is 0 Å². The molecule has 0 bridgehead atoms. The van der Waals surface area contributed by atoms with Gasteiger partial charge in [0.05, 0.1) is 17.2 Å². The third-order valence-corrected chi connectivity index (χ3v) is 3.98. The van der Waals surface area contributed by atoms with Gasteiger partial charge in [-0.2, -0.15) is 0 Å². The van der Waals surface area contributed by atoms with E-state index in [1.54, 1.807) is 24.3 Å². The van der Waals surface area contributed by atoms with Crippen molar-refractivity contribution in [2.45, 2.75) is 13.5 Å². The molecular formula is C20H19FN4O4. The Kier molecular flexibility index (Phi) is 6.18. The maximum Gasteiger partial charge on any atom is 0.261 e. The predicted octanol–water partition coefficient (Wildman–Crippen LogP) is 1.69. The smallest absolute Gasteiger partial charge is 0.261 e. The number of amides is 2. The molecule has 3 rings (SSSR count). The number of carbonyl (C=O) groups excluding carboxylic acids is 2. The van der Waals surface area contributed by atoms with Gasteiger partial charge in [-0.1, -0.05) is 0 Å². The number of carbonyl (C=O) groups is 2. The number of hydrogen-bond donors (Lipinski definition) is 2. The monoisotopic (exact) mass is 398 g/mol. The minimum atomic E-state index is -0.548. The average molecular weight is 398 g/mol. The zero-order valence-electron chi connectivity index (χ0n) is 15.6. The van der Waals surface area contributed by atoms with E-state index in [2.05, 4.69) is 15.6 Å². The van der Waals surface area contributed by atoms with E-state index in [9.17, 15) is 18.8 Å². The van der Waals surface area contributed by atoms with Crippen molar-refractivity contribution >= 4 is 28.4 Å². The number of anilines is 1. The van der Waals surface area contributed by atoms with Crippen molar-refractivity contribution in [3.63, 3.8) is 0 Å². The molecule has 1 heterocycles. The molecule has 0 aliphatic rings. The third-order valence-electron chi connectivity index (χ3n) is 3.98. The van der Waals surface area contributed by atoms with Crippen LogP contribution < -0.4 is 20.9 Å². The standard InChI is InChI=1S/C20H19FN4O4/c1-2-22-19(27)11-29-15-6-4-14(5-7-15)24-18(26)10-25-12-23-17-8-3-13(21)9-16(17)20(25)28/h3-9,12H,2,10-11H2,1H3,(H,22,27)(H,24,26). The quantitative estimate of drug-likeness (QED) is 0.631. The minimum absolute atomic E-state index is 0.0992. The molecule has 0 aliphatic heterocycles. The molecule has 1 aromatic heterocycles. The second kappa shape index (κ2) is 8.96. The Morgan fingerprint density at radius 3 is 2.62 bits per heavy atom. The van der Waals surface area contributed by atoms with Crippen LogP contribution in [0.25, 0.3) is 10.9 Å². The van der Waals surface area contributed by atoms with Crippen LogP contribution in [0.1, 0.15) is 6.92 Å². The fraction of sp³-hybridized carbons (Fsp3) is 0.200. The van der Waals surface area contributed by atoms with Crippen molar-refractivity contribution in [3.05, 3.63) is 65.0 Å². The van der Waals surface area contributed by atoms with E-state index >= 15 is 0 Å². The summed E-state index contributed by atoms with van der Waals surface area (Å²) in [6.07, 6.45) is 1.25. The molecule has 2 amide bonds. The molecule has 8 nitrogen and oxygen atoms in total. The SMILES string of the molecule is CCNC(=O)COc1ccc(NC(=O)Cn2cnc3ccc(F)cc3c2=O)cc1. The van der Waals surface area contributed by atoms with E-state index in [1.165, 1.54) is 18.5 Å². The molecular weight excluding hydrogens is 379 g/mol. The Morgan fingerprint density at radius 1 is 1.14 bits per heavy atom. The fourth-order valence-corrected chi connectivity index (χ4v) is 2.63. The molecule has 0 aliphatic carbocycles. The lowest BCUT2D eigenvalue weighted by Gasteiger charge is -2.09. The Labute approximate surface area is 165 Å². The maximum absolute atomic E-state index is 13.4. The highest BCUT2D eigenvalue weighted by Gasteiger charge is 2.10. The van der Waals surface area contributed by atoms with Crippen LogP contribution in [-0.2, 0) is 16.1 Å². The summed E-state index contributed by atoms with van der Waals surface area (Å²) in [5, 5.41) is 5.38. The van der Waals surface area contributed by atoms with Gasteiger partial charge >= 0.3 is 0 Å². The molecule has 0 fully saturated rings. The lowest BCUT2D eigenvalue weighted by molar-refractivity contribution is -0.123. The number of fused-ring (bicyclic) bond motifs is 1. The molecule has 150 valence electrons. The highest BCUT2D eigenvalue weighted by Crippen LogP contribution is 2.15. The predicted molar refractivity (Wildman–Crippen MR) is 105 cm³/mol. The lowest BCUT2D eigenvalue weighted by atomic mass is 10.2. The van der Waals surface area contributed by atoms with Crippen molar-refractivity contribution < 1.29 is 18.7 Å². The molecule has 0 saturated heterocycles. The molecule has 0 spiro atoms. The first-order valence-corrected chi connectivity index (χ1v) is 8.90. The van der Waals surface area contributed by atoms with Crippen LogP contribution in [0.2, 0.25) is 0 Å². The summed E-state index contributed by atoms with van der Waals surface area (Å²) >= 11 is 0. The third kappa shape index (κ3) is 5.16. The summed E-state index contributed by atoms with van der Waals surface area (Å²) in [6, 6.07) is 10.2. The van der Waals surface area contributed by atoms with Crippen LogP contribution in [0.15, 0.2) is 53.6 Å². The van der Waals surface area contributed by atoms with E-state index in [1.807, 2.05) is 6.92 Å². The van der Waals surface area contributed by atoms with Crippen LogP contribution in [0, 0.1) is 5.82 Å². The van der Waals surface area contributed by atoms with E-state index < -0.39 is 17.3 Å². The van der Waals surface area contributed by atoms with E-state index in [0.717, 1.165) is 10.6 Å². The molecule has 0 unspecified atom stereocenters. The number of ether oxygens (including phenoxy) is 1. The van der Waals surface area contributed by atoms with Crippen molar-refractivity contribution in [2.75, 3.05) is 18.5 Å². The van der Waals surface area contributed by atoms with Gasteiger partial charge in [-0.3, -0.25) is 19.0 Å². The number of halogens is 1. The zero-order valence-corrected chi connectivity index (χ0v) is 15.6. The zero-order chi connectivity index (χ0) is 20.8. The van der Waals surface area contributed by atoms with Gasteiger partial charge in [0.15, 0.2) is 6.61 Å². The Bertz CT molecular complexity index is 1100. The lowest BCUT2D eigenvalue weighted by Crippen LogP contribution is -2.28. The summed E-state index contributed by atoms with van der Waals surface area (Å²) in [7, 11) is 0. The Balaban J connectivity index is 1.62. The van der Waals surface area contributed by atoms with Gasteiger partial charge in [0, 0.05) is 12.2 Å². The molecule has 0 radical (unpaired) electrons. The molecule has 9 heteroatoms. The first-order chi connectivity index (χ1) is 14.0. The Hall–Kier alpha value is -3.75. The fourth-order valence-electron chi connectivity index (χ4n) is 2.63. The summed E-state index contributed by atoms with van der Waals surface area (Å²) < 4.78 is 19.8. The molecule has 2 N–H and O–H groups in total. The van der Waals surface area contributed by atoms with Crippen molar-refractivity contribution in [1.82, 2.24) is 14.9 Å².